The minimum Gasteiger partial charge on any atom is -0.238 e. The van der Waals surface area contributed by atoms with Gasteiger partial charge in [0, 0.05) is 6.20 Å². The van der Waals surface area contributed by atoms with Gasteiger partial charge < -0.3 is 0 Å². The predicted octanol–water partition coefficient (Wildman–Crippen LogP) is -0.448. The van der Waals surface area contributed by atoms with Gasteiger partial charge in [-0.1, -0.05) is 0 Å². The molecule has 0 amide bonds. The molecule has 0 saturated heterocycles. The molecule has 0 spiro atoms. The summed E-state index contributed by atoms with van der Waals surface area (Å²) >= 11 is 0. The summed E-state index contributed by atoms with van der Waals surface area (Å²) in [4.78, 5) is 3.88. The molecule has 0 atom stereocenters. The van der Waals surface area contributed by atoms with E-state index in [-0.39, 0.29) is 0 Å². The van der Waals surface area contributed by atoms with Crippen molar-refractivity contribution in [2.45, 2.75) is 13.8 Å². The van der Waals surface area contributed by atoms with Gasteiger partial charge in [-0.3, -0.25) is 0 Å². The molecule has 0 bridgehead atoms. The molecule has 6 heteroatoms. The molecule has 62 valence electrons. The van der Waals surface area contributed by atoms with Gasteiger partial charge in [-0.25, -0.2) is 14.1 Å². The lowest BCUT2D eigenvalue weighted by atomic mass is 10.6. The number of rotatable bonds is 1. The molecule has 1 rings (SSSR count). The van der Waals surface area contributed by atoms with E-state index in [9.17, 15) is 8.42 Å². The summed E-state index contributed by atoms with van der Waals surface area (Å²) < 4.78 is 22.5. The van der Waals surface area contributed by atoms with Gasteiger partial charge in [-0.15, -0.1) is 0 Å². The van der Waals surface area contributed by atoms with E-state index in [1.165, 1.54) is 6.20 Å². The van der Waals surface area contributed by atoms with Crippen LogP contribution in [-0.2, 0) is 10.2 Å². The van der Waals surface area contributed by atoms with Crippen LogP contribution < -0.4 is 5.14 Å². The summed E-state index contributed by atoms with van der Waals surface area (Å²) in [6.45, 7) is 3.28. The van der Waals surface area contributed by atoms with Crippen molar-refractivity contribution in [3.05, 3.63) is 17.7 Å². The second kappa shape index (κ2) is 2.31. The molecule has 1 aromatic heterocycles. The Kier molecular flexibility index (Phi) is 1.73. The lowest BCUT2D eigenvalue weighted by molar-refractivity contribution is 0.587. The average molecular weight is 175 g/mol. The topological polar surface area (TPSA) is 78.0 Å². The van der Waals surface area contributed by atoms with E-state index in [1.54, 1.807) is 13.8 Å². The standard InChI is InChI=1S/C5H9N3O2S/c1-4-3-8(5(2)7-4)11(6,9)10/h3H,1-2H3,(H2,6,9,10). The third kappa shape index (κ3) is 1.58. The maximum absolute atomic E-state index is 10.8. The monoisotopic (exact) mass is 175 g/mol. The van der Waals surface area contributed by atoms with Gasteiger partial charge in [-0.05, 0) is 13.8 Å². The molecule has 0 unspecified atom stereocenters. The Labute approximate surface area is 65.0 Å². The number of aromatic nitrogens is 2. The summed E-state index contributed by atoms with van der Waals surface area (Å²) in [5.74, 6) is 0.380. The highest BCUT2D eigenvalue weighted by molar-refractivity contribution is 7.87. The van der Waals surface area contributed by atoms with Crippen molar-refractivity contribution in [1.82, 2.24) is 8.96 Å². The second-order valence-corrected chi connectivity index (χ2v) is 3.69. The fourth-order valence-corrected chi connectivity index (χ4v) is 1.56. The van der Waals surface area contributed by atoms with E-state index in [0.717, 1.165) is 3.97 Å². The Balaban J connectivity index is 3.36. The lowest BCUT2D eigenvalue weighted by Crippen LogP contribution is -2.22. The summed E-state index contributed by atoms with van der Waals surface area (Å²) in [5, 5.41) is 4.87. The van der Waals surface area contributed by atoms with Gasteiger partial charge in [0.1, 0.15) is 5.82 Å². The van der Waals surface area contributed by atoms with E-state index in [2.05, 4.69) is 4.98 Å². The molecule has 0 aromatic carbocycles. The number of nitrogens with zero attached hydrogens (tertiary/aromatic N) is 2. The minimum atomic E-state index is -3.66. The predicted molar refractivity (Wildman–Crippen MR) is 40.2 cm³/mol. The highest BCUT2D eigenvalue weighted by atomic mass is 32.2. The highest BCUT2D eigenvalue weighted by Gasteiger charge is 2.09. The van der Waals surface area contributed by atoms with E-state index in [4.69, 9.17) is 5.14 Å². The first-order valence-electron chi connectivity index (χ1n) is 2.97. The van der Waals surface area contributed by atoms with Gasteiger partial charge >= 0.3 is 10.2 Å². The zero-order valence-electron chi connectivity index (χ0n) is 6.27. The molecule has 0 aliphatic heterocycles. The largest absolute Gasteiger partial charge is 0.303 e. The van der Waals surface area contributed by atoms with Crippen molar-refractivity contribution in [3.8, 4) is 0 Å². The van der Waals surface area contributed by atoms with E-state index < -0.39 is 10.2 Å². The van der Waals surface area contributed by atoms with Crippen LogP contribution in [0, 0.1) is 13.8 Å². The maximum Gasteiger partial charge on any atom is 0.303 e. The molecule has 2 N–H and O–H groups in total. The summed E-state index contributed by atoms with van der Waals surface area (Å²) in [7, 11) is -3.66. The van der Waals surface area contributed by atoms with Crippen LogP contribution in [0.2, 0.25) is 0 Å². The third-order valence-electron chi connectivity index (χ3n) is 1.24. The van der Waals surface area contributed by atoms with Crippen LogP contribution in [0.3, 0.4) is 0 Å². The van der Waals surface area contributed by atoms with Crippen molar-refractivity contribution in [2.75, 3.05) is 0 Å². The van der Waals surface area contributed by atoms with Crippen molar-refractivity contribution in [3.63, 3.8) is 0 Å². The smallest absolute Gasteiger partial charge is 0.238 e. The quantitative estimate of drug-likeness (QED) is 0.628. The Hall–Kier alpha value is -0.880. The van der Waals surface area contributed by atoms with Gasteiger partial charge in [0.05, 0.1) is 5.69 Å². The number of imidazole rings is 1. The van der Waals surface area contributed by atoms with E-state index >= 15 is 0 Å². The molecule has 0 aliphatic rings. The fourth-order valence-electron chi connectivity index (χ4n) is 0.854. The molecule has 0 radical (unpaired) electrons. The van der Waals surface area contributed by atoms with Crippen LogP contribution in [0.5, 0.6) is 0 Å². The Morgan fingerprint density at radius 1 is 1.55 bits per heavy atom. The van der Waals surface area contributed by atoms with Crippen LogP contribution in [0.25, 0.3) is 0 Å². The molecule has 1 aromatic rings. The average Bonchev–Trinajstić information content (AvgIpc) is 2.08. The second-order valence-electron chi connectivity index (χ2n) is 2.27. The SMILES string of the molecule is Cc1cn(S(N)(=O)=O)c(C)n1. The Bertz CT molecular complexity index is 365. The number of aryl methyl sites for hydroxylation is 2. The minimum absolute atomic E-state index is 0.380. The highest BCUT2D eigenvalue weighted by Crippen LogP contribution is 2.01. The third-order valence-corrected chi connectivity index (χ3v) is 2.15. The zero-order chi connectivity index (χ0) is 8.65. The van der Waals surface area contributed by atoms with Gasteiger partial charge in [0.25, 0.3) is 0 Å². The normalized spacial score (nSPS) is 11.9. The van der Waals surface area contributed by atoms with Crippen LogP contribution in [0.1, 0.15) is 11.5 Å². The van der Waals surface area contributed by atoms with Crippen LogP contribution in [-0.4, -0.2) is 17.4 Å². The molecule has 0 saturated carbocycles. The fraction of sp³-hybridized carbons (Fsp3) is 0.400. The van der Waals surface area contributed by atoms with E-state index in [1.807, 2.05) is 0 Å². The van der Waals surface area contributed by atoms with Crippen LogP contribution in [0.4, 0.5) is 0 Å². The summed E-state index contributed by atoms with van der Waals surface area (Å²) in [6.07, 6.45) is 1.38. The molecule has 0 aliphatic carbocycles. The summed E-state index contributed by atoms with van der Waals surface area (Å²) in [6, 6.07) is 0. The van der Waals surface area contributed by atoms with Gasteiger partial charge in [0.2, 0.25) is 0 Å². The number of nitrogens with two attached hydrogens (primary N) is 1. The van der Waals surface area contributed by atoms with Gasteiger partial charge in [0.15, 0.2) is 0 Å². The first-order chi connectivity index (χ1) is 4.91. The van der Waals surface area contributed by atoms with Crippen molar-refractivity contribution >= 4 is 10.2 Å². The Morgan fingerprint density at radius 2 is 2.09 bits per heavy atom. The first-order valence-corrected chi connectivity index (χ1v) is 4.47. The molecular weight excluding hydrogens is 166 g/mol. The maximum atomic E-state index is 10.8. The van der Waals surface area contributed by atoms with Crippen LogP contribution >= 0.6 is 0 Å². The summed E-state index contributed by atoms with van der Waals surface area (Å²) in [5.41, 5.74) is 0.636. The molecule has 0 fully saturated rings. The van der Waals surface area contributed by atoms with Crippen molar-refractivity contribution in [2.24, 2.45) is 5.14 Å². The van der Waals surface area contributed by atoms with Crippen molar-refractivity contribution < 1.29 is 8.42 Å². The number of hydrogen-bond acceptors (Lipinski definition) is 3. The Morgan fingerprint density at radius 3 is 2.27 bits per heavy atom. The van der Waals surface area contributed by atoms with Crippen LogP contribution in [0.15, 0.2) is 6.20 Å². The lowest BCUT2D eigenvalue weighted by Gasteiger charge is -1.97. The zero-order valence-corrected chi connectivity index (χ0v) is 7.09. The number of hydrogen-bond donors (Lipinski definition) is 1. The molecule has 5 nitrogen and oxygen atoms in total. The van der Waals surface area contributed by atoms with E-state index in [0.29, 0.717) is 11.5 Å². The molecular formula is C5H9N3O2S. The molecule has 1 heterocycles. The van der Waals surface area contributed by atoms with Gasteiger partial charge in [-0.2, -0.15) is 8.42 Å². The van der Waals surface area contributed by atoms with Crippen molar-refractivity contribution in [1.29, 1.82) is 0 Å². The first kappa shape index (κ1) is 8.22. The molecule has 11 heavy (non-hydrogen) atoms.